The highest BCUT2D eigenvalue weighted by molar-refractivity contribution is 5.97. The Kier molecular flexibility index (Phi) is 7.61. The Morgan fingerprint density at radius 3 is 2.53 bits per heavy atom. The number of methoxy groups -OCH3 is 1. The molecule has 3 aromatic rings. The molecule has 10 nitrogen and oxygen atoms in total. The quantitative estimate of drug-likeness (QED) is 0.344. The number of Topliss-reactive ketones (excluding diaryl/α,β-unsaturated/α-hetero) is 1. The fourth-order valence-electron chi connectivity index (χ4n) is 3.57. The molecule has 0 aliphatic heterocycles. The highest BCUT2D eigenvalue weighted by Gasteiger charge is 2.25. The maximum atomic E-state index is 13.3. The molecule has 0 saturated heterocycles. The average molecular weight is 472 g/mol. The van der Waals surface area contributed by atoms with E-state index in [9.17, 15) is 4.79 Å². The van der Waals surface area contributed by atoms with Gasteiger partial charge in [-0.3, -0.25) is 10.2 Å². The number of nitrogens with one attached hydrogen (secondary N) is 1. The van der Waals surface area contributed by atoms with E-state index in [2.05, 4.69) is 10.2 Å². The number of fused-ring (bicyclic) bond motifs is 1. The maximum absolute atomic E-state index is 13.3. The van der Waals surface area contributed by atoms with Crippen molar-refractivity contribution in [1.29, 1.82) is 5.41 Å². The Balaban J connectivity index is 2.01. The summed E-state index contributed by atoms with van der Waals surface area (Å²) in [5.74, 6) is 1.17. The molecule has 2 heterocycles. The van der Waals surface area contributed by atoms with Gasteiger partial charge in [-0.1, -0.05) is 20.8 Å². The first-order valence-electron chi connectivity index (χ1n) is 11.2. The second-order valence-corrected chi connectivity index (χ2v) is 8.97. The third kappa shape index (κ3) is 5.22. The molecular formula is C24H33N5O5. The van der Waals surface area contributed by atoms with Crippen LogP contribution in [0.2, 0.25) is 0 Å². The Morgan fingerprint density at radius 1 is 1.18 bits per heavy atom. The summed E-state index contributed by atoms with van der Waals surface area (Å²) in [6.45, 7) is 10.4. The Hall–Kier alpha value is -3.40. The fraction of sp³-hybridized carbons (Fsp3) is 0.500. The van der Waals surface area contributed by atoms with Gasteiger partial charge in [-0.05, 0) is 31.4 Å². The molecule has 0 aliphatic carbocycles. The molecule has 0 atom stereocenters. The van der Waals surface area contributed by atoms with Gasteiger partial charge in [0, 0.05) is 35.8 Å². The number of aromatic nitrogens is 4. The first-order chi connectivity index (χ1) is 16.1. The molecule has 0 saturated carbocycles. The number of benzene rings is 1. The second-order valence-electron chi connectivity index (χ2n) is 8.97. The zero-order valence-corrected chi connectivity index (χ0v) is 20.6. The van der Waals surface area contributed by atoms with Gasteiger partial charge in [0.15, 0.2) is 22.9 Å². The highest BCUT2D eigenvalue weighted by Crippen LogP contribution is 2.40. The first kappa shape index (κ1) is 25.2. The van der Waals surface area contributed by atoms with Crippen molar-refractivity contribution in [2.75, 3.05) is 26.9 Å². The van der Waals surface area contributed by atoms with Crippen molar-refractivity contribution in [3.05, 3.63) is 40.5 Å². The van der Waals surface area contributed by atoms with Crippen LogP contribution in [0.5, 0.6) is 17.4 Å². The van der Waals surface area contributed by atoms with Crippen LogP contribution in [0.15, 0.2) is 18.2 Å². The zero-order valence-electron chi connectivity index (χ0n) is 20.6. The summed E-state index contributed by atoms with van der Waals surface area (Å²) >= 11 is 0. The molecule has 184 valence electrons. The lowest BCUT2D eigenvalue weighted by Crippen LogP contribution is -2.26. The van der Waals surface area contributed by atoms with Crippen LogP contribution in [-0.4, -0.2) is 57.2 Å². The standard InChI is InChI=1S/C24H33N5O5/c1-7-33-20-11-15(2)22-27-28(23(25)29(22)26-20)14-18(31)16-12-17(24(3,4)5)21(32-6)19(13-16)34-10-8-9-30/h11-13,25,30H,7-10,14H2,1-6H3. The van der Waals surface area contributed by atoms with Gasteiger partial charge in [0.1, 0.15) is 6.54 Å². The maximum Gasteiger partial charge on any atom is 0.242 e. The van der Waals surface area contributed by atoms with Gasteiger partial charge in [-0.2, -0.15) is 4.52 Å². The lowest BCUT2D eigenvalue weighted by molar-refractivity contribution is 0.0964. The van der Waals surface area contributed by atoms with Crippen molar-refractivity contribution < 1.29 is 24.1 Å². The predicted octanol–water partition coefficient (Wildman–Crippen LogP) is 2.67. The van der Waals surface area contributed by atoms with E-state index >= 15 is 0 Å². The van der Waals surface area contributed by atoms with E-state index in [4.69, 9.17) is 24.7 Å². The average Bonchev–Trinajstić information content (AvgIpc) is 3.09. The molecule has 0 spiro atoms. The van der Waals surface area contributed by atoms with Gasteiger partial charge >= 0.3 is 0 Å². The minimum atomic E-state index is -0.315. The molecule has 0 radical (unpaired) electrons. The number of aliphatic hydroxyl groups is 1. The van der Waals surface area contributed by atoms with Crippen LogP contribution in [0.25, 0.3) is 5.65 Å². The van der Waals surface area contributed by atoms with E-state index in [0.29, 0.717) is 48.2 Å². The normalized spacial score (nSPS) is 11.6. The lowest BCUT2D eigenvalue weighted by atomic mass is 9.84. The summed E-state index contributed by atoms with van der Waals surface area (Å²) in [7, 11) is 1.57. The molecule has 0 fully saturated rings. The van der Waals surface area contributed by atoms with Crippen LogP contribution in [0.3, 0.4) is 0 Å². The molecule has 0 aliphatic rings. The third-order valence-corrected chi connectivity index (χ3v) is 5.29. The van der Waals surface area contributed by atoms with Crippen LogP contribution in [-0.2, 0) is 12.0 Å². The van der Waals surface area contributed by atoms with E-state index in [1.165, 1.54) is 9.20 Å². The van der Waals surface area contributed by atoms with Crippen molar-refractivity contribution >= 4 is 11.4 Å². The largest absolute Gasteiger partial charge is 0.493 e. The minimum Gasteiger partial charge on any atom is -0.493 e. The summed E-state index contributed by atoms with van der Waals surface area (Å²) in [4.78, 5) is 13.3. The van der Waals surface area contributed by atoms with Crippen molar-refractivity contribution in [2.45, 2.75) is 53.0 Å². The highest BCUT2D eigenvalue weighted by atomic mass is 16.5. The number of ether oxygens (including phenoxy) is 3. The van der Waals surface area contributed by atoms with Gasteiger partial charge in [0.25, 0.3) is 0 Å². The Labute approximate surface area is 198 Å². The van der Waals surface area contributed by atoms with Crippen molar-refractivity contribution in [3.8, 4) is 17.4 Å². The monoisotopic (exact) mass is 471 g/mol. The smallest absolute Gasteiger partial charge is 0.242 e. The van der Waals surface area contributed by atoms with E-state index in [1.54, 1.807) is 25.3 Å². The molecule has 0 unspecified atom stereocenters. The van der Waals surface area contributed by atoms with Gasteiger partial charge in [0.2, 0.25) is 11.5 Å². The van der Waals surface area contributed by atoms with E-state index in [0.717, 1.165) is 11.1 Å². The number of rotatable bonds is 10. The van der Waals surface area contributed by atoms with Crippen LogP contribution in [0.1, 0.15) is 55.6 Å². The summed E-state index contributed by atoms with van der Waals surface area (Å²) in [5.41, 5.74) is 2.18. The summed E-state index contributed by atoms with van der Waals surface area (Å²) in [6, 6.07) is 5.20. The van der Waals surface area contributed by atoms with Crippen molar-refractivity contribution in [2.24, 2.45) is 0 Å². The van der Waals surface area contributed by atoms with Crippen molar-refractivity contribution in [3.63, 3.8) is 0 Å². The second kappa shape index (κ2) is 10.3. The molecule has 34 heavy (non-hydrogen) atoms. The number of hydrogen-bond acceptors (Lipinski definition) is 8. The van der Waals surface area contributed by atoms with Crippen LogP contribution < -0.4 is 19.8 Å². The molecule has 0 amide bonds. The number of carbonyl (C=O) groups is 1. The van der Waals surface area contributed by atoms with Crippen LogP contribution in [0, 0.1) is 12.3 Å². The number of carbonyl (C=O) groups excluding carboxylic acids is 1. The Morgan fingerprint density at radius 2 is 1.91 bits per heavy atom. The lowest BCUT2D eigenvalue weighted by Gasteiger charge is -2.25. The first-order valence-corrected chi connectivity index (χ1v) is 11.2. The number of hydrogen-bond donors (Lipinski definition) is 2. The van der Waals surface area contributed by atoms with Gasteiger partial charge < -0.3 is 19.3 Å². The molecular weight excluding hydrogens is 438 g/mol. The van der Waals surface area contributed by atoms with E-state index in [1.807, 2.05) is 34.6 Å². The fourth-order valence-corrected chi connectivity index (χ4v) is 3.57. The van der Waals surface area contributed by atoms with Gasteiger partial charge in [-0.25, -0.2) is 4.68 Å². The van der Waals surface area contributed by atoms with Gasteiger partial charge in [0.05, 0.1) is 20.3 Å². The topological polar surface area (TPSA) is 124 Å². The zero-order chi connectivity index (χ0) is 25.0. The van der Waals surface area contributed by atoms with Crippen LogP contribution in [0.4, 0.5) is 0 Å². The number of aliphatic hydroxyl groups excluding tert-OH is 1. The van der Waals surface area contributed by atoms with Crippen LogP contribution >= 0.6 is 0 Å². The van der Waals surface area contributed by atoms with E-state index in [-0.39, 0.29) is 30.0 Å². The Bertz CT molecular complexity index is 1240. The van der Waals surface area contributed by atoms with Crippen molar-refractivity contribution in [1.82, 2.24) is 19.4 Å². The predicted molar refractivity (Wildman–Crippen MR) is 126 cm³/mol. The molecule has 0 bridgehead atoms. The van der Waals surface area contributed by atoms with Gasteiger partial charge in [-0.15, -0.1) is 10.2 Å². The molecule has 3 rings (SSSR count). The summed E-state index contributed by atoms with van der Waals surface area (Å²) in [6.07, 6.45) is 0.460. The number of ketones is 1. The minimum absolute atomic E-state index is 0.00231. The van der Waals surface area contributed by atoms with E-state index < -0.39 is 0 Å². The summed E-state index contributed by atoms with van der Waals surface area (Å²) in [5, 5.41) is 26.3. The third-order valence-electron chi connectivity index (χ3n) is 5.29. The number of aryl methyl sites for hydroxylation is 1. The molecule has 2 N–H and O–H groups in total. The molecule has 1 aromatic carbocycles. The molecule has 2 aromatic heterocycles. The SMILES string of the molecule is CCOc1cc(C)c2nn(CC(=O)c3cc(OCCCO)c(OC)c(C(C)(C)C)c3)c(=N)n2n1. The molecule has 10 heteroatoms. The number of nitrogens with zero attached hydrogens (tertiary/aromatic N) is 4. The summed E-state index contributed by atoms with van der Waals surface area (Å²) < 4.78 is 19.6.